The van der Waals surface area contributed by atoms with E-state index in [-0.39, 0.29) is 0 Å². The summed E-state index contributed by atoms with van der Waals surface area (Å²) >= 11 is 0. The molecule has 0 spiro atoms. The van der Waals surface area contributed by atoms with Gasteiger partial charge in [0.05, 0.1) is 13.2 Å². The quantitative estimate of drug-likeness (QED) is 0.625. The maximum atomic E-state index is 5.44. The van der Waals surface area contributed by atoms with E-state index in [4.69, 9.17) is 4.74 Å². The Labute approximate surface area is 86.9 Å². The Kier molecular flexibility index (Phi) is 2.67. The smallest absolute Gasteiger partial charge is 0.0623 e. The summed E-state index contributed by atoms with van der Waals surface area (Å²) in [7, 11) is 0. The minimum Gasteiger partial charge on any atom is -0.378 e. The Balaban J connectivity index is 1.79. The van der Waals surface area contributed by atoms with Crippen molar-refractivity contribution in [3.8, 4) is 0 Å². The third-order valence-electron chi connectivity index (χ3n) is 3.04. The summed E-state index contributed by atoms with van der Waals surface area (Å²) < 4.78 is 5.44. The van der Waals surface area contributed by atoms with E-state index in [9.17, 15) is 0 Å². The van der Waals surface area contributed by atoms with Gasteiger partial charge in [0.25, 0.3) is 0 Å². The molecule has 0 amide bonds. The third-order valence-corrected chi connectivity index (χ3v) is 3.04. The lowest BCUT2D eigenvalue weighted by Gasteiger charge is -2.52. The van der Waals surface area contributed by atoms with Crippen LogP contribution in [-0.4, -0.2) is 36.7 Å². The van der Waals surface area contributed by atoms with Crippen LogP contribution in [-0.2, 0) is 4.74 Å². The SMILES string of the molecule is CC(C)(C)/C=C/CN1C2COCC1C2. The number of hydrogen-bond acceptors (Lipinski definition) is 2. The monoisotopic (exact) mass is 195 g/mol. The Bertz CT molecular complexity index is 215. The predicted octanol–water partition coefficient (Wildman–Crippen LogP) is 2.06. The van der Waals surface area contributed by atoms with Gasteiger partial charge in [-0.1, -0.05) is 32.9 Å². The molecule has 3 fully saturated rings. The highest BCUT2D eigenvalue weighted by Crippen LogP contribution is 2.30. The van der Waals surface area contributed by atoms with Gasteiger partial charge in [-0.05, 0) is 11.8 Å². The lowest BCUT2D eigenvalue weighted by Crippen LogP contribution is -2.63. The molecule has 0 aliphatic carbocycles. The fraction of sp³-hybridized carbons (Fsp3) is 0.833. The minimum atomic E-state index is 0.316. The number of ether oxygens (including phenoxy) is 1. The van der Waals surface area contributed by atoms with Gasteiger partial charge in [0.1, 0.15) is 0 Å². The van der Waals surface area contributed by atoms with Crippen molar-refractivity contribution in [2.75, 3.05) is 19.8 Å². The summed E-state index contributed by atoms with van der Waals surface area (Å²) in [6.07, 6.45) is 5.97. The molecule has 2 bridgehead atoms. The molecular formula is C12H21NO. The maximum absolute atomic E-state index is 5.44. The number of fused-ring (bicyclic) bond motifs is 2. The van der Waals surface area contributed by atoms with Crippen molar-refractivity contribution in [3.63, 3.8) is 0 Å². The van der Waals surface area contributed by atoms with Gasteiger partial charge in [0, 0.05) is 18.6 Å². The first kappa shape index (κ1) is 10.2. The van der Waals surface area contributed by atoms with Gasteiger partial charge in [-0.15, -0.1) is 0 Å². The molecule has 2 nitrogen and oxygen atoms in total. The van der Waals surface area contributed by atoms with E-state index in [2.05, 4.69) is 37.8 Å². The Hall–Kier alpha value is -0.340. The molecule has 0 radical (unpaired) electrons. The normalized spacial score (nSPS) is 33.4. The second-order valence-electron chi connectivity index (χ2n) is 5.55. The van der Waals surface area contributed by atoms with Crippen LogP contribution in [0.2, 0.25) is 0 Å². The van der Waals surface area contributed by atoms with E-state index >= 15 is 0 Å². The third kappa shape index (κ3) is 2.18. The lowest BCUT2D eigenvalue weighted by molar-refractivity contribution is -0.121. The zero-order chi connectivity index (χ0) is 10.2. The van der Waals surface area contributed by atoms with Gasteiger partial charge in [0.15, 0.2) is 0 Å². The summed E-state index contributed by atoms with van der Waals surface area (Å²) in [6.45, 7) is 9.71. The van der Waals surface area contributed by atoms with Crippen LogP contribution >= 0.6 is 0 Å². The molecule has 2 unspecified atom stereocenters. The van der Waals surface area contributed by atoms with Crippen LogP contribution in [0.25, 0.3) is 0 Å². The predicted molar refractivity (Wildman–Crippen MR) is 58.3 cm³/mol. The number of allylic oxidation sites excluding steroid dienone is 1. The standard InChI is InChI=1S/C12H21NO/c1-12(2,3)5-4-6-13-10-7-11(13)9-14-8-10/h4-5,10-11H,6-9H2,1-3H3/b5-4+. The first-order valence-electron chi connectivity index (χ1n) is 5.57. The van der Waals surface area contributed by atoms with Gasteiger partial charge in [-0.2, -0.15) is 0 Å². The Morgan fingerprint density at radius 2 is 1.93 bits per heavy atom. The molecular weight excluding hydrogens is 174 g/mol. The summed E-state index contributed by atoms with van der Waals surface area (Å²) in [5.41, 5.74) is 0.316. The second kappa shape index (κ2) is 3.67. The van der Waals surface area contributed by atoms with Crippen LogP contribution in [0.5, 0.6) is 0 Å². The van der Waals surface area contributed by atoms with E-state index in [1.165, 1.54) is 6.42 Å². The summed E-state index contributed by atoms with van der Waals surface area (Å²) in [4.78, 5) is 2.56. The van der Waals surface area contributed by atoms with Gasteiger partial charge in [0.2, 0.25) is 0 Å². The van der Waals surface area contributed by atoms with Gasteiger partial charge < -0.3 is 4.74 Å². The van der Waals surface area contributed by atoms with Crippen molar-refractivity contribution in [3.05, 3.63) is 12.2 Å². The van der Waals surface area contributed by atoms with E-state index in [0.717, 1.165) is 19.8 Å². The molecule has 3 aliphatic rings. The molecule has 14 heavy (non-hydrogen) atoms. The maximum Gasteiger partial charge on any atom is 0.0623 e. The average molecular weight is 195 g/mol. The van der Waals surface area contributed by atoms with Crippen molar-refractivity contribution >= 4 is 0 Å². The molecule has 2 atom stereocenters. The fourth-order valence-electron chi connectivity index (χ4n) is 2.24. The molecule has 0 aromatic heterocycles. The molecule has 80 valence electrons. The van der Waals surface area contributed by atoms with Gasteiger partial charge in [-0.25, -0.2) is 0 Å². The first-order chi connectivity index (χ1) is 6.56. The minimum absolute atomic E-state index is 0.316. The van der Waals surface area contributed by atoms with Crippen LogP contribution in [0.4, 0.5) is 0 Å². The topological polar surface area (TPSA) is 12.5 Å². The molecule has 0 aromatic rings. The highest BCUT2D eigenvalue weighted by molar-refractivity contribution is 5.01. The fourth-order valence-corrected chi connectivity index (χ4v) is 2.24. The van der Waals surface area contributed by atoms with Crippen molar-refractivity contribution in [2.24, 2.45) is 5.41 Å². The summed E-state index contributed by atoms with van der Waals surface area (Å²) in [6, 6.07) is 1.41. The lowest BCUT2D eigenvalue weighted by atomic mass is 9.91. The average Bonchev–Trinajstić information content (AvgIpc) is 2.12. The van der Waals surface area contributed by atoms with E-state index < -0.39 is 0 Å². The van der Waals surface area contributed by atoms with Crippen LogP contribution in [0.1, 0.15) is 27.2 Å². The van der Waals surface area contributed by atoms with Crippen LogP contribution in [0, 0.1) is 5.41 Å². The van der Waals surface area contributed by atoms with Crippen molar-refractivity contribution in [2.45, 2.75) is 39.3 Å². The number of hydrogen-bond donors (Lipinski definition) is 0. The molecule has 3 aliphatic heterocycles. The van der Waals surface area contributed by atoms with Crippen molar-refractivity contribution in [1.29, 1.82) is 0 Å². The Morgan fingerprint density at radius 1 is 1.29 bits per heavy atom. The highest BCUT2D eigenvalue weighted by atomic mass is 16.5. The van der Waals surface area contributed by atoms with Gasteiger partial charge >= 0.3 is 0 Å². The van der Waals surface area contributed by atoms with Crippen molar-refractivity contribution in [1.82, 2.24) is 4.90 Å². The first-order valence-corrected chi connectivity index (χ1v) is 5.57. The largest absolute Gasteiger partial charge is 0.378 e. The second-order valence-corrected chi connectivity index (χ2v) is 5.55. The molecule has 0 aromatic carbocycles. The number of nitrogens with zero attached hydrogens (tertiary/aromatic N) is 1. The summed E-state index contributed by atoms with van der Waals surface area (Å²) in [5.74, 6) is 0. The van der Waals surface area contributed by atoms with Crippen molar-refractivity contribution < 1.29 is 4.74 Å². The zero-order valence-electron chi connectivity index (χ0n) is 9.49. The zero-order valence-corrected chi connectivity index (χ0v) is 9.49. The van der Waals surface area contributed by atoms with E-state index in [1.54, 1.807) is 0 Å². The molecule has 0 saturated carbocycles. The number of morpholine rings is 1. The van der Waals surface area contributed by atoms with Crippen LogP contribution in [0.15, 0.2) is 12.2 Å². The van der Waals surface area contributed by atoms with Crippen LogP contribution < -0.4 is 0 Å². The molecule has 3 saturated heterocycles. The van der Waals surface area contributed by atoms with E-state index in [0.29, 0.717) is 17.5 Å². The Morgan fingerprint density at radius 3 is 2.43 bits per heavy atom. The van der Waals surface area contributed by atoms with Gasteiger partial charge in [-0.3, -0.25) is 4.90 Å². The van der Waals surface area contributed by atoms with E-state index in [1.807, 2.05) is 0 Å². The molecule has 0 N–H and O–H groups in total. The van der Waals surface area contributed by atoms with Crippen LogP contribution in [0.3, 0.4) is 0 Å². The molecule has 2 heteroatoms. The summed E-state index contributed by atoms with van der Waals surface area (Å²) in [5, 5.41) is 0. The highest BCUT2D eigenvalue weighted by Gasteiger charge is 2.41. The molecule has 3 heterocycles. The number of rotatable bonds is 2. The molecule has 3 rings (SSSR count).